The minimum Gasteiger partial charge on any atom is -0.481 e. The van der Waals surface area contributed by atoms with E-state index in [1.165, 1.54) is 0 Å². The molecule has 0 aliphatic rings. The SMILES string of the molecule is CCSCCC(CC)(C(=O)O)c1ccccc1. The fourth-order valence-electron chi connectivity index (χ4n) is 2.05. The van der Waals surface area contributed by atoms with Crippen molar-refractivity contribution in [2.45, 2.75) is 32.1 Å². The van der Waals surface area contributed by atoms with Crippen molar-refractivity contribution >= 4 is 17.7 Å². The minimum atomic E-state index is -0.719. The first kappa shape index (κ1) is 14.1. The number of benzene rings is 1. The van der Waals surface area contributed by atoms with Gasteiger partial charge in [0, 0.05) is 0 Å². The molecule has 0 bridgehead atoms. The highest BCUT2D eigenvalue weighted by Crippen LogP contribution is 2.33. The van der Waals surface area contributed by atoms with Crippen molar-refractivity contribution in [2.75, 3.05) is 11.5 Å². The van der Waals surface area contributed by atoms with Crippen LogP contribution in [0.2, 0.25) is 0 Å². The van der Waals surface area contributed by atoms with Gasteiger partial charge in [-0.1, -0.05) is 44.2 Å². The standard InChI is InChI=1S/C14H20O2S/c1-3-14(13(15)16,10-11-17-4-2)12-8-6-5-7-9-12/h5-9H,3-4,10-11H2,1-2H3,(H,15,16). The molecule has 1 N–H and O–H groups in total. The van der Waals surface area contributed by atoms with Crippen LogP contribution in [0.3, 0.4) is 0 Å². The summed E-state index contributed by atoms with van der Waals surface area (Å²) < 4.78 is 0. The Hall–Kier alpha value is -0.960. The molecule has 0 aliphatic heterocycles. The van der Waals surface area contributed by atoms with Gasteiger partial charge < -0.3 is 5.11 Å². The van der Waals surface area contributed by atoms with Crippen LogP contribution in [0.15, 0.2) is 30.3 Å². The molecule has 17 heavy (non-hydrogen) atoms. The Morgan fingerprint density at radius 3 is 2.41 bits per heavy atom. The molecule has 0 aliphatic carbocycles. The molecular weight excluding hydrogens is 232 g/mol. The van der Waals surface area contributed by atoms with E-state index in [1.54, 1.807) is 11.8 Å². The number of hydrogen-bond acceptors (Lipinski definition) is 2. The van der Waals surface area contributed by atoms with Gasteiger partial charge in [-0.15, -0.1) is 0 Å². The Balaban J connectivity index is 2.97. The van der Waals surface area contributed by atoms with Crippen LogP contribution in [0.1, 0.15) is 32.3 Å². The van der Waals surface area contributed by atoms with E-state index in [4.69, 9.17) is 0 Å². The van der Waals surface area contributed by atoms with Crippen molar-refractivity contribution in [2.24, 2.45) is 0 Å². The molecule has 1 atom stereocenters. The zero-order valence-electron chi connectivity index (χ0n) is 10.5. The second-order valence-electron chi connectivity index (χ2n) is 4.05. The lowest BCUT2D eigenvalue weighted by Gasteiger charge is -2.28. The van der Waals surface area contributed by atoms with Gasteiger partial charge in [0.15, 0.2) is 0 Å². The maximum Gasteiger partial charge on any atom is 0.314 e. The van der Waals surface area contributed by atoms with E-state index in [0.29, 0.717) is 12.8 Å². The minimum absolute atomic E-state index is 0.636. The average Bonchev–Trinajstić information content (AvgIpc) is 2.36. The summed E-state index contributed by atoms with van der Waals surface area (Å²) in [4.78, 5) is 11.6. The van der Waals surface area contributed by atoms with Crippen LogP contribution < -0.4 is 0 Å². The number of carboxylic acid groups (broad SMARTS) is 1. The van der Waals surface area contributed by atoms with Crippen LogP contribution in [0, 0.1) is 0 Å². The van der Waals surface area contributed by atoms with Gasteiger partial charge in [0.2, 0.25) is 0 Å². The van der Waals surface area contributed by atoms with E-state index in [0.717, 1.165) is 17.1 Å². The lowest BCUT2D eigenvalue weighted by Crippen LogP contribution is -2.35. The van der Waals surface area contributed by atoms with E-state index in [2.05, 4.69) is 6.92 Å². The first-order valence-corrected chi connectivity index (χ1v) is 7.19. The first-order valence-electron chi connectivity index (χ1n) is 6.04. The Morgan fingerprint density at radius 2 is 1.94 bits per heavy atom. The summed E-state index contributed by atoms with van der Waals surface area (Å²) in [5.74, 6) is 1.22. The molecule has 1 unspecified atom stereocenters. The number of aliphatic carboxylic acids is 1. The number of rotatable bonds is 7. The van der Waals surface area contributed by atoms with Crippen LogP contribution in [-0.4, -0.2) is 22.6 Å². The highest BCUT2D eigenvalue weighted by molar-refractivity contribution is 7.99. The quantitative estimate of drug-likeness (QED) is 0.754. The predicted octanol–water partition coefficient (Wildman–Crippen LogP) is 3.56. The summed E-state index contributed by atoms with van der Waals surface area (Å²) in [5.41, 5.74) is 0.204. The molecule has 1 aromatic rings. The largest absolute Gasteiger partial charge is 0.481 e. The molecule has 0 radical (unpaired) electrons. The number of carbonyl (C=O) groups is 1. The molecule has 0 fully saturated rings. The molecule has 0 amide bonds. The van der Waals surface area contributed by atoms with E-state index in [1.807, 2.05) is 37.3 Å². The number of thioether (sulfide) groups is 1. The van der Waals surface area contributed by atoms with Gasteiger partial charge in [-0.25, -0.2) is 0 Å². The summed E-state index contributed by atoms with van der Waals surface area (Å²) in [6, 6.07) is 9.60. The highest BCUT2D eigenvalue weighted by Gasteiger charge is 2.37. The van der Waals surface area contributed by atoms with Crippen molar-refractivity contribution in [3.63, 3.8) is 0 Å². The molecule has 1 rings (SSSR count). The number of hydrogen-bond donors (Lipinski definition) is 1. The summed E-state index contributed by atoms with van der Waals surface area (Å²) in [5, 5.41) is 9.57. The van der Waals surface area contributed by atoms with Crippen LogP contribution in [0.5, 0.6) is 0 Å². The molecule has 0 saturated carbocycles. The topological polar surface area (TPSA) is 37.3 Å². The van der Waals surface area contributed by atoms with E-state index >= 15 is 0 Å². The van der Waals surface area contributed by atoms with Gasteiger partial charge in [-0.2, -0.15) is 11.8 Å². The van der Waals surface area contributed by atoms with Crippen LogP contribution >= 0.6 is 11.8 Å². The smallest absolute Gasteiger partial charge is 0.314 e. The Bertz CT molecular complexity index is 350. The lowest BCUT2D eigenvalue weighted by molar-refractivity contribution is -0.144. The predicted molar refractivity (Wildman–Crippen MR) is 73.7 cm³/mol. The second-order valence-corrected chi connectivity index (χ2v) is 5.45. The molecule has 2 nitrogen and oxygen atoms in total. The van der Waals surface area contributed by atoms with Crippen molar-refractivity contribution in [3.8, 4) is 0 Å². The van der Waals surface area contributed by atoms with Crippen LogP contribution in [0.25, 0.3) is 0 Å². The normalized spacial score (nSPS) is 14.2. The molecule has 1 aromatic carbocycles. The summed E-state index contributed by atoms with van der Waals surface area (Å²) >= 11 is 1.80. The third kappa shape index (κ3) is 3.25. The van der Waals surface area contributed by atoms with Crippen molar-refractivity contribution in [1.82, 2.24) is 0 Å². The summed E-state index contributed by atoms with van der Waals surface area (Å²) in [7, 11) is 0. The molecule has 94 valence electrons. The Kier molecular flexibility index (Phi) is 5.56. The molecule has 0 spiro atoms. The summed E-state index contributed by atoms with van der Waals surface area (Å²) in [6.07, 6.45) is 1.33. The molecule has 0 saturated heterocycles. The third-order valence-electron chi connectivity index (χ3n) is 3.22. The monoisotopic (exact) mass is 252 g/mol. The van der Waals surface area contributed by atoms with Gasteiger partial charge in [0.05, 0.1) is 5.41 Å². The number of carboxylic acids is 1. The maximum absolute atomic E-state index is 11.6. The van der Waals surface area contributed by atoms with Gasteiger partial charge in [-0.05, 0) is 29.9 Å². The van der Waals surface area contributed by atoms with Crippen molar-refractivity contribution in [3.05, 3.63) is 35.9 Å². The summed E-state index contributed by atoms with van der Waals surface area (Å²) in [6.45, 7) is 4.05. The van der Waals surface area contributed by atoms with Crippen molar-refractivity contribution < 1.29 is 9.90 Å². The van der Waals surface area contributed by atoms with Crippen LogP contribution in [-0.2, 0) is 10.2 Å². The lowest BCUT2D eigenvalue weighted by atomic mass is 9.76. The van der Waals surface area contributed by atoms with Gasteiger partial charge in [0.1, 0.15) is 0 Å². The highest BCUT2D eigenvalue weighted by atomic mass is 32.2. The van der Waals surface area contributed by atoms with Crippen molar-refractivity contribution in [1.29, 1.82) is 0 Å². The van der Waals surface area contributed by atoms with Crippen LogP contribution in [0.4, 0.5) is 0 Å². The fraction of sp³-hybridized carbons (Fsp3) is 0.500. The molecular formula is C14H20O2S. The molecule has 0 heterocycles. The molecule has 0 aromatic heterocycles. The average molecular weight is 252 g/mol. The third-order valence-corrected chi connectivity index (χ3v) is 4.12. The van der Waals surface area contributed by atoms with E-state index < -0.39 is 11.4 Å². The second kappa shape index (κ2) is 6.70. The van der Waals surface area contributed by atoms with E-state index in [-0.39, 0.29) is 0 Å². The first-order chi connectivity index (χ1) is 8.17. The fourth-order valence-corrected chi connectivity index (χ4v) is 2.84. The maximum atomic E-state index is 11.6. The Labute approximate surface area is 107 Å². The van der Waals surface area contributed by atoms with Gasteiger partial charge >= 0.3 is 5.97 Å². The zero-order chi connectivity index (χ0) is 12.7. The zero-order valence-corrected chi connectivity index (χ0v) is 11.3. The van der Waals surface area contributed by atoms with E-state index in [9.17, 15) is 9.90 Å². The Morgan fingerprint density at radius 1 is 1.29 bits per heavy atom. The van der Waals surface area contributed by atoms with Gasteiger partial charge in [0.25, 0.3) is 0 Å². The molecule has 3 heteroatoms. The van der Waals surface area contributed by atoms with Gasteiger partial charge in [-0.3, -0.25) is 4.79 Å².